The van der Waals surface area contributed by atoms with Gasteiger partial charge in [0.2, 0.25) is 5.88 Å². The molecule has 1 aromatic heterocycles. The first-order valence-corrected chi connectivity index (χ1v) is 9.80. The van der Waals surface area contributed by atoms with E-state index in [2.05, 4.69) is 19.2 Å². The molecule has 0 saturated heterocycles. The van der Waals surface area contributed by atoms with Gasteiger partial charge in [-0.25, -0.2) is 32.1 Å². The van der Waals surface area contributed by atoms with Crippen LogP contribution in [0.15, 0.2) is 24.4 Å². The summed E-state index contributed by atoms with van der Waals surface area (Å²) >= 11 is 0. The number of aliphatic hydroxyl groups is 1. The SMILES string of the molecule is CC(C)(O)C(C)(F)F.CC(F)(F)C(C)(C)OC(=O)Oc1ccccn1.CCOC(=O)C(C)(F)F. The van der Waals surface area contributed by atoms with Crippen molar-refractivity contribution in [1.82, 2.24) is 4.98 Å². The molecule has 0 aliphatic carbocycles. The Kier molecular flexibility index (Phi) is 12.6. The first-order valence-electron chi connectivity index (χ1n) is 9.80. The van der Waals surface area contributed by atoms with Crippen molar-refractivity contribution in [3.05, 3.63) is 24.4 Å². The summed E-state index contributed by atoms with van der Waals surface area (Å²) in [6, 6.07) is 4.63. The van der Waals surface area contributed by atoms with Crippen LogP contribution in [0.5, 0.6) is 5.88 Å². The van der Waals surface area contributed by atoms with Crippen molar-refractivity contribution in [3.63, 3.8) is 0 Å². The molecule has 1 rings (SSSR count). The third kappa shape index (κ3) is 13.9. The standard InChI is InChI=1S/C11H13F2NO3.C5H8F2O2.C5H10F2O/c1-10(2,11(3,12)13)17-9(15)16-8-6-4-5-7-14-8;1-3-9-4(8)5(2,6)7;1-4(2,8)5(3,6)7/h4-7H,1-3H3;3H2,1-2H3;8H,1-3H3. The van der Waals surface area contributed by atoms with Crippen molar-refractivity contribution in [1.29, 1.82) is 0 Å². The highest BCUT2D eigenvalue weighted by Gasteiger charge is 2.46. The van der Waals surface area contributed by atoms with Crippen LogP contribution in [0.4, 0.5) is 31.1 Å². The van der Waals surface area contributed by atoms with Gasteiger partial charge in [-0.15, -0.1) is 0 Å². The summed E-state index contributed by atoms with van der Waals surface area (Å²) in [7, 11) is 0. The fraction of sp³-hybridized carbons (Fsp3) is 0.667. The number of rotatable bonds is 6. The molecule has 0 fully saturated rings. The van der Waals surface area contributed by atoms with Gasteiger partial charge in [-0.2, -0.15) is 8.78 Å². The molecule has 0 saturated carbocycles. The molecular weight excluding hydrogens is 476 g/mol. The van der Waals surface area contributed by atoms with Gasteiger partial charge >= 0.3 is 18.0 Å². The Bertz CT molecular complexity index is 738. The molecule has 13 heteroatoms. The van der Waals surface area contributed by atoms with Crippen LogP contribution >= 0.6 is 0 Å². The molecule has 198 valence electrons. The third-order valence-corrected chi connectivity index (χ3v) is 3.93. The van der Waals surface area contributed by atoms with Gasteiger partial charge in [-0.1, -0.05) is 6.07 Å². The average Bonchev–Trinajstić information content (AvgIpc) is 2.60. The van der Waals surface area contributed by atoms with Crippen LogP contribution in [-0.2, 0) is 14.3 Å². The molecular formula is C21H31F6NO6. The van der Waals surface area contributed by atoms with Crippen molar-refractivity contribution >= 4 is 12.1 Å². The predicted octanol–water partition coefficient (Wildman–Crippen LogP) is 5.65. The minimum atomic E-state index is -3.35. The lowest BCUT2D eigenvalue weighted by atomic mass is 10.0. The van der Waals surface area contributed by atoms with Crippen LogP contribution in [0.25, 0.3) is 0 Å². The molecule has 0 amide bonds. The fourth-order valence-corrected chi connectivity index (χ4v) is 1.07. The number of hydrogen-bond donors (Lipinski definition) is 1. The van der Waals surface area contributed by atoms with Gasteiger partial charge in [-0.3, -0.25) is 0 Å². The van der Waals surface area contributed by atoms with Crippen molar-refractivity contribution < 1.29 is 55.2 Å². The van der Waals surface area contributed by atoms with Crippen LogP contribution in [0, 0.1) is 0 Å². The van der Waals surface area contributed by atoms with Crippen LogP contribution in [0.2, 0.25) is 0 Å². The lowest BCUT2D eigenvalue weighted by Crippen LogP contribution is -2.45. The zero-order valence-corrected chi connectivity index (χ0v) is 20.2. The molecule has 1 heterocycles. The van der Waals surface area contributed by atoms with Crippen molar-refractivity contribution in [2.24, 2.45) is 0 Å². The molecule has 7 nitrogen and oxygen atoms in total. The summed E-state index contributed by atoms with van der Waals surface area (Å²) in [5.41, 5.74) is -3.84. The largest absolute Gasteiger partial charge is 0.515 e. The van der Waals surface area contributed by atoms with Crippen LogP contribution < -0.4 is 4.74 Å². The van der Waals surface area contributed by atoms with E-state index in [0.29, 0.717) is 20.8 Å². The highest BCUT2D eigenvalue weighted by molar-refractivity contribution is 5.76. The summed E-state index contributed by atoms with van der Waals surface area (Å²) in [6.07, 6.45) is 0.192. The molecule has 0 aliphatic rings. The zero-order chi connectivity index (χ0) is 27.6. The molecule has 0 aromatic carbocycles. The number of aromatic nitrogens is 1. The number of esters is 1. The summed E-state index contributed by atoms with van der Waals surface area (Å²) in [5.74, 6) is -11.0. The molecule has 0 spiro atoms. The maximum atomic E-state index is 13.1. The molecule has 0 unspecified atom stereocenters. The van der Waals surface area contributed by atoms with Gasteiger partial charge in [0.15, 0.2) is 5.60 Å². The molecule has 1 N–H and O–H groups in total. The van der Waals surface area contributed by atoms with Crippen LogP contribution in [0.3, 0.4) is 0 Å². The van der Waals surface area contributed by atoms with Gasteiger partial charge < -0.3 is 19.3 Å². The molecule has 0 radical (unpaired) electrons. The van der Waals surface area contributed by atoms with Gasteiger partial charge in [0.1, 0.15) is 5.60 Å². The van der Waals surface area contributed by atoms with Crippen molar-refractivity contribution in [2.45, 2.75) is 84.4 Å². The Morgan fingerprint density at radius 2 is 1.38 bits per heavy atom. The van der Waals surface area contributed by atoms with E-state index in [1.165, 1.54) is 19.2 Å². The van der Waals surface area contributed by atoms with E-state index in [9.17, 15) is 35.9 Å². The minimum Gasteiger partial charge on any atom is -0.462 e. The number of carbonyl (C=O) groups excluding carboxylic acids is 2. The van der Waals surface area contributed by atoms with E-state index >= 15 is 0 Å². The van der Waals surface area contributed by atoms with Crippen LogP contribution in [-0.4, -0.2) is 57.8 Å². The molecule has 0 aliphatic heterocycles. The van der Waals surface area contributed by atoms with E-state index < -0.39 is 41.1 Å². The van der Waals surface area contributed by atoms with Crippen LogP contribution in [0.1, 0.15) is 55.4 Å². The van der Waals surface area contributed by atoms with E-state index in [1.54, 1.807) is 12.1 Å². The number of ether oxygens (including phenoxy) is 3. The topological polar surface area (TPSA) is 95.0 Å². The maximum Gasteiger partial charge on any atom is 0.515 e. The summed E-state index contributed by atoms with van der Waals surface area (Å²) in [6.45, 7) is 7.68. The van der Waals surface area contributed by atoms with Gasteiger partial charge in [-0.05, 0) is 40.7 Å². The molecule has 0 atom stereocenters. The van der Waals surface area contributed by atoms with Crippen molar-refractivity contribution in [2.75, 3.05) is 6.61 Å². The van der Waals surface area contributed by atoms with E-state index in [0.717, 1.165) is 27.7 Å². The average molecular weight is 507 g/mol. The normalized spacial score (nSPS) is 12.3. The predicted molar refractivity (Wildman–Crippen MR) is 110 cm³/mol. The Morgan fingerprint density at radius 3 is 1.65 bits per heavy atom. The van der Waals surface area contributed by atoms with E-state index in [4.69, 9.17) is 5.11 Å². The van der Waals surface area contributed by atoms with Crippen molar-refractivity contribution in [3.8, 4) is 5.88 Å². The van der Waals surface area contributed by atoms with Gasteiger partial charge in [0, 0.05) is 33.0 Å². The number of pyridine rings is 1. The summed E-state index contributed by atoms with van der Waals surface area (Å²) < 4.78 is 86.9. The fourth-order valence-electron chi connectivity index (χ4n) is 1.07. The molecule has 1 aromatic rings. The second-order valence-corrected chi connectivity index (χ2v) is 8.08. The number of carbonyl (C=O) groups is 2. The highest BCUT2D eigenvalue weighted by atomic mass is 19.3. The third-order valence-electron chi connectivity index (χ3n) is 3.93. The molecule has 0 bridgehead atoms. The number of nitrogens with zero attached hydrogens (tertiary/aromatic N) is 1. The first kappa shape index (κ1) is 33.6. The van der Waals surface area contributed by atoms with Gasteiger partial charge in [0.05, 0.1) is 6.61 Å². The lowest BCUT2D eigenvalue weighted by Gasteiger charge is -2.30. The summed E-state index contributed by atoms with van der Waals surface area (Å²) in [4.78, 5) is 25.0. The Labute approximate surface area is 194 Å². The maximum absolute atomic E-state index is 13.1. The van der Waals surface area contributed by atoms with E-state index in [1.807, 2.05) is 0 Å². The first-order chi connectivity index (χ1) is 15.0. The molecule has 34 heavy (non-hydrogen) atoms. The zero-order valence-electron chi connectivity index (χ0n) is 20.2. The second kappa shape index (κ2) is 12.8. The second-order valence-electron chi connectivity index (χ2n) is 8.08. The lowest BCUT2D eigenvalue weighted by molar-refractivity contribution is -0.168. The Balaban J connectivity index is 0. The number of hydrogen-bond acceptors (Lipinski definition) is 7. The highest BCUT2D eigenvalue weighted by Crippen LogP contribution is 2.31. The Hall–Kier alpha value is -2.57. The minimum absolute atomic E-state index is 0.00674. The number of halogens is 6. The Morgan fingerprint density at radius 1 is 0.912 bits per heavy atom. The monoisotopic (exact) mass is 507 g/mol. The van der Waals surface area contributed by atoms with Gasteiger partial charge in [0.25, 0.3) is 11.8 Å². The number of alkyl halides is 6. The van der Waals surface area contributed by atoms with E-state index in [-0.39, 0.29) is 12.5 Å². The summed E-state index contributed by atoms with van der Waals surface area (Å²) in [5, 5.41) is 8.60. The quantitative estimate of drug-likeness (QED) is 0.393. The smallest absolute Gasteiger partial charge is 0.462 e.